The van der Waals surface area contributed by atoms with Gasteiger partial charge in [0.05, 0.1) is 0 Å². The maximum atomic E-state index is 6.70. The highest BCUT2D eigenvalue weighted by atomic mass is 28.5. The molecular formula is C20H48O2Si3. The zero-order valence-corrected chi connectivity index (χ0v) is 22.1. The molecule has 0 aromatic heterocycles. The first kappa shape index (κ1) is 25.6. The molecule has 5 heteroatoms. The van der Waals surface area contributed by atoms with Crippen LogP contribution in [0, 0.1) is 11.8 Å². The van der Waals surface area contributed by atoms with Gasteiger partial charge in [0, 0.05) is 0 Å². The van der Waals surface area contributed by atoms with Crippen molar-refractivity contribution < 1.29 is 8.23 Å². The van der Waals surface area contributed by atoms with Gasteiger partial charge in [-0.2, -0.15) is 0 Å². The first-order chi connectivity index (χ1) is 11.2. The van der Waals surface area contributed by atoms with Crippen LogP contribution in [0.2, 0.25) is 51.4 Å². The van der Waals surface area contributed by atoms with Crippen molar-refractivity contribution in [2.24, 2.45) is 11.8 Å². The fourth-order valence-electron chi connectivity index (χ4n) is 3.66. The van der Waals surface area contributed by atoms with Crippen LogP contribution < -0.4 is 0 Å². The van der Waals surface area contributed by atoms with Crippen molar-refractivity contribution in [3.63, 3.8) is 0 Å². The highest BCUT2D eigenvalue weighted by molar-refractivity contribution is 6.87. The van der Waals surface area contributed by atoms with E-state index in [-0.39, 0.29) is 0 Å². The molecule has 0 rings (SSSR count). The van der Waals surface area contributed by atoms with E-state index in [1.165, 1.54) is 50.6 Å². The van der Waals surface area contributed by atoms with E-state index in [4.69, 9.17) is 8.23 Å². The van der Waals surface area contributed by atoms with Crippen LogP contribution in [0.25, 0.3) is 0 Å². The first-order valence-electron chi connectivity index (χ1n) is 10.6. The highest BCUT2D eigenvalue weighted by Gasteiger charge is 2.39. The van der Waals surface area contributed by atoms with Gasteiger partial charge in [-0.15, -0.1) is 0 Å². The largest absolute Gasteiger partial charge is 0.437 e. The predicted octanol–water partition coefficient (Wildman–Crippen LogP) is 7.78. The van der Waals surface area contributed by atoms with Gasteiger partial charge in [0.1, 0.15) is 0 Å². The minimum Gasteiger partial charge on any atom is -0.437 e. The van der Waals surface area contributed by atoms with Crippen LogP contribution in [-0.4, -0.2) is 25.2 Å². The summed E-state index contributed by atoms with van der Waals surface area (Å²) in [4.78, 5) is 0. The Morgan fingerprint density at radius 3 is 1.16 bits per heavy atom. The van der Waals surface area contributed by atoms with Gasteiger partial charge in [0.2, 0.25) is 0 Å². The zero-order chi connectivity index (χ0) is 19.7. The molecule has 0 unspecified atom stereocenters. The Kier molecular flexibility index (Phi) is 11.7. The summed E-state index contributed by atoms with van der Waals surface area (Å²) < 4.78 is 13.4. The molecule has 0 aromatic carbocycles. The van der Waals surface area contributed by atoms with Crippen LogP contribution in [0.1, 0.15) is 66.2 Å². The molecule has 0 heterocycles. The van der Waals surface area contributed by atoms with Gasteiger partial charge in [0.25, 0.3) is 0 Å². The lowest BCUT2D eigenvalue weighted by molar-refractivity contribution is 0.385. The van der Waals surface area contributed by atoms with Crippen molar-refractivity contribution in [2.45, 2.75) is 118 Å². The molecule has 25 heavy (non-hydrogen) atoms. The molecule has 2 nitrogen and oxygen atoms in total. The fourth-order valence-corrected chi connectivity index (χ4v) is 17.9. The third-order valence-electron chi connectivity index (χ3n) is 4.66. The van der Waals surface area contributed by atoms with E-state index >= 15 is 0 Å². The van der Waals surface area contributed by atoms with E-state index in [2.05, 4.69) is 67.0 Å². The first-order valence-corrected chi connectivity index (χ1v) is 19.7. The molecule has 0 amide bonds. The second-order valence-electron chi connectivity index (χ2n) is 10.4. The van der Waals surface area contributed by atoms with Crippen molar-refractivity contribution >= 4 is 25.2 Å². The second kappa shape index (κ2) is 11.4. The van der Waals surface area contributed by atoms with Crippen molar-refractivity contribution in [1.29, 1.82) is 0 Å². The number of hydrogen-bond acceptors (Lipinski definition) is 2. The van der Waals surface area contributed by atoms with Crippen LogP contribution in [0.4, 0.5) is 0 Å². The molecular weight excluding hydrogens is 356 g/mol. The van der Waals surface area contributed by atoms with Crippen molar-refractivity contribution in [3.05, 3.63) is 0 Å². The highest BCUT2D eigenvalue weighted by Crippen LogP contribution is 2.27. The van der Waals surface area contributed by atoms with Crippen molar-refractivity contribution in [3.8, 4) is 0 Å². The molecule has 0 aliphatic rings. The SMILES string of the molecule is CC(C)CCCC[Si](C)(C)O[Si](C)(C)O[Si](C)(C)CCCCC(C)C. The molecule has 152 valence electrons. The molecule has 0 radical (unpaired) electrons. The normalized spacial score (nSPS) is 13.9. The minimum absolute atomic E-state index is 0.822. The van der Waals surface area contributed by atoms with Gasteiger partial charge in [-0.25, -0.2) is 0 Å². The Morgan fingerprint density at radius 2 is 0.880 bits per heavy atom. The standard InChI is InChI=1S/C20H48O2Si3/c1-19(2)15-11-13-17-23(5,6)21-25(9,10)22-24(7,8)18-14-12-16-20(3)4/h19-20H,11-18H2,1-10H3. The zero-order valence-electron chi connectivity index (χ0n) is 19.1. The number of hydrogen-bond donors (Lipinski definition) is 0. The lowest BCUT2D eigenvalue weighted by Gasteiger charge is -2.39. The second-order valence-corrected chi connectivity index (χ2v) is 22.9. The topological polar surface area (TPSA) is 18.5 Å². The van der Waals surface area contributed by atoms with E-state index < -0.39 is 25.2 Å². The summed E-state index contributed by atoms with van der Waals surface area (Å²) in [5.41, 5.74) is 0. The van der Waals surface area contributed by atoms with E-state index in [1.807, 2.05) is 0 Å². The summed E-state index contributed by atoms with van der Waals surface area (Å²) in [6.45, 7) is 23.4. The van der Waals surface area contributed by atoms with Crippen LogP contribution in [0.15, 0.2) is 0 Å². The number of rotatable bonds is 14. The maximum Gasteiger partial charge on any atom is 0.311 e. The summed E-state index contributed by atoms with van der Waals surface area (Å²) in [6.07, 6.45) is 8.01. The Balaban J connectivity index is 4.33. The Bertz CT molecular complexity index is 321. The fraction of sp³-hybridized carbons (Fsp3) is 1.00. The summed E-state index contributed by atoms with van der Waals surface area (Å²) >= 11 is 0. The Morgan fingerprint density at radius 1 is 0.560 bits per heavy atom. The van der Waals surface area contributed by atoms with Gasteiger partial charge >= 0.3 is 8.56 Å². The molecule has 0 fully saturated rings. The summed E-state index contributed by atoms with van der Waals surface area (Å²) in [6, 6.07) is 2.55. The average molecular weight is 405 g/mol. The molecule has 0 bridgehead atoms. The van der Waals surface area contributed by atoms with Crippen LogP contribution in [-0.2, 0) is 8.23 Å². The Labute approximate surface area is 163 Å². The molecule has 0 aromatic rings. The monoisotopic (exact) mass is 404 g/mol. The van der Waals surface area contributed by atoms with E-state index in [0.717, 1.165) is 11.8 Å². The van der Waals surface area contributed by atoms with Gasteiger partial charge in [-0.3, -0.25) is 0 Å². The molecule has 0 spiro atoms. The van der Waals surface area contributed by atoms with E-state index in [1.54, 1.807) is 0 Å². The van der Waals surface area contributed by atoms with E-state index in [9.17, 15) is 0 Å². The molecule has 0 saturated carbocycles. The third kappa shape index (κ3) is 15.3. The summed E-state index contributed by atoms with van der Waals surface area (Å²) in [7, 11) is -5.22. The maximum absolute atomic E-state index is 6.70. The third-order valence-corrected chi connectivity index (χ3v) is 16.1. The molecule has 0 N–H and O–H groups in total. The minimum atomic E-state index is -2.01. The van der Waals surface area contributed by atoms with Crippen LogP contribution in [0.5, 0.6) is 0 Å². The lowest BCUT2D eigenvalue weighted by Crippen LogP contribution is -2.52. The van der Waals surface area contributed by atoms with Crippen LogP contribution in [0.3, 0.4) is 0 Å². The van der Waals surface area contributed by atoms with Gasteiger partial charge < -0.3 is 8.23 Å². The summed E-state index contributed by atoms with van der Waals surface area (Å²) in [5.74, 6) is 1.64. The van der Waals surface area contributed by atoms with Gasteiger partial charge in [-0.05, 0) is 63.2 Å². The molecule has 0 aliphatic heterocycles. The molecule has 0 atom stereocenters. The molecule has 0 saturated heterocycles. The van der Waals surface area contributed by atoms with Crippen molar-refractivity contribution in [1.82, 2.24) is 0 Å². The smallest absolute Gasteiger partial charge is 0.311 e. The average Bonchev–Trinajstić information content (AvgIpc) is 2.36. The predicted molar refractivity (Wildman–Crippen MR) is 122 cm³/mol. The van der Waals surface area contributed by atoms with Gasteiger partial charge in [0.15, 0.2) is 16.6 Å². The van der Waals surface area contributed by atoms with E-state index in [0.29, 0.717) is 0 Å². The van der Waals surface area contributed by atoms with Gasteiger partial charge in [-0.1, -0.05) is 66.2 Å². The summed E-state index contributed by atoms with van der Waals surface area (Å²) in [5, 5.41) is 0. The van der Waals surface area contributed by atoms with Crippen LogP contribution >= 0.6 is 0 Å². The Hall–Kier alpha value is 0.571. The number of unbranched alkanes of at least 4 members (excludes halogenated alkanes) is 2. The van der Waals surface area contributed by atoms with Crippen molar-refractivity contribution in [2.75, 3.05) is 0 Å². The quantitative estimate of drug-likeness (QED) is 0.217. The molecule has 0 aliphatic carbocycles. The lowest BCUT2D eigenvalue weighted by atomic mass is 10.1.